The molecule has 56 heavy (non-hydrogen) atoms. The molecule has 1 aliphatic heterocycles. The summed E-state index contributed by atoms with van der Waals surface area (Å²) in [7, 11) is 0. The van der Waals surface area contributed by atoms with Crippen LogP contribution in [-0.2, 0) is 10.8 Å². The van der Waals surface area contributed by atoms with Crippen LogP contribution in [0.15, 0.2) is 152 Å². The summed E-state index contributed by atoms with van der Waals surface area (Å²) in [6, 6.07) is 52.7. The average molecular weight is 724 g/mol. The van der Waals surface area contributed by atoms with Crippen LogP contribution in [-0.4, -0.2) is 15.0 Å². The van der Waals surface area contributed by atoms with Gasteiger partial charge in [-0.1, -0.05) is 155 Å². The molecule has 11 rings (SSSR count). The predicted molar refractivity (Wildman–Crippen MR) is 223 cm³/mol. The molecule has 2 heterocycles. The minimum absolute atomic E-state index is 0.153. The minimum Gasteiger partial charge on any atom is -0.449 e. The molecule has 0 saturated heterocycles. The summed E-state index contributed by atoms with van der Waals surface area (Å²) in [5.41, 5.74) is 14.4. The van der Waals surface area contributed by atoms with Crippen LogP contribution in [0.25, 0.3) is 67.5 Å². The molecule has 5 nitrogen and oxygen atoms in total. The monoisotopic (exact) mass is 723 g/mol. The lowest BCUT2D eigenvalue weighted by atomic mass is 9.82. The van der Waals surface area contributed by atoms with Crippen molar-refractivity contribution in [2.75, 3.05) is 0 Å². The van der Waals surface area contributed by atoms with E-state index in [1.54, 1.807) is 0 Å². The van der Waals surface area contributed by atoms with Gasteiger partial charge in [0.05, 0.1) is 0 Å². The normalized spacial score (nSPS) is 14.6. The molecule has 8 aromatic rings. The smallest absolute Gasteiger partial charge is 0.177 e. The Morgan fingerprint density at radius 1 is 0.339 bits per heavy atom. The lowest BCUT2D eigenvalue weighted by Crippen LogP contribution is -2.15. The minimum atomic E-state index is -0.165. The first kappa shape index (κ1) is 32.6. The van der Waals surface area contributed by atoms with E-state index in [-0.39, 0.29) is 10.8 Å². The first-order valence-corrected chi connectivity index (χ1v) is 19.2. The SMILES string of the molecule is CC1(C)c2ccccc2-c2ccc(-c3nc(-c4ccccc4)nc(-c4ccccc4-c4cccc5c4Oc4cc6c(cc4O5)-c4ccccc4C6(C)C)n3)cc21. The Hall–Kier alpha value is -6.85. The Morgan fingerprint density at radius 2 is 0.875 bits per heavy atom. The lowest BCUT2D eigenvalue weighted by molar-refractivity contribution is 0.360. The molecule has 0 N–H and O–H groups in total. The van der Waals surface area contributed by atoms with Crippen LogP contribution in [0.3, 0.4) is 0 Å². The molecule has 0 amide bonds. The fourth-order valence-electron chi connectivity index (χ4n) is 9.11. The number of para-hydroxylation sites is 1. The number of hydrogen-bond acceptors (Lipinski definition) is 5. The summed E-state index contributed by atoms with van der Waals surface area (Å²) in [4.78, 5) is 15.5. The summed E-state index contributed by atoms with van der Waals surface area (Å²) in [5.74, 6) is 4.57. The maximum atomic E-state index is 6.87. The second-order valence-electron chi connectivity index (χ2n) is 16.0. The predicted octanol–water partition coefficient (Wildman–Crippen LogP) is 13.1. The van der Waals surface area contributed by atoms with Crippen LogP contribution >= 0.6 is 0 Å². The van der Waals surface area contributed by atoms with Gasteiger partial charge in [0.1, 0.15) is 0 Å². The van der Waals surface area contributed by atoms with Crippen molar-refractivity contribution < 1.29 is 9.47 Å². The molecule has 0 radical (unpaired) electrons. The van der Waals surface area contributed by atoms with E-state index in [2.05, 4.69) is 125 Å². The maximum absolute atomic E-state index is 6.87. The number of aromatic nitrogens is 3. The Balaban J connectivity index is 1.04. The highest BCUT2D eigenvalue weighted by Crippen LogP contribution is 2.57. The highest BCUT2D eigenvalue weighted by Gasteiger charge is 2.38. The van der Waals surface area contributed by atoms with Gasteiger partial charge in [-0.2, -0.15) is 0 Å². The fourth-order valence-corrected chi connectivity index (χ4v) is 9.11. The van der Waals surface area contributed by atoms with E-state index in [0.29, 0.717) is 40.5 Å². The Kier molecular flexibility index (Phi) is 6.88. The van der Waals surface area contributed by atoms with E-state index in [4.69, 9.17) is 24.4 Å². The molecule has 0 fully saturated rings. The van der Waals surface area contributed by atoms with E-state index < -0.39 is 0 Å². The second-order valence-corrected chi connectivity index (χ2v) is 16.0. The van der Waals surface area contributed by atoms with Crippen LogP contribution in [0.5, 0.6) is 23.0 Å². The van der Waals surface area contributed by atoms with E-state index in [9.17, 15) is 0 Å². The Morgan fingerprint density at radius 3 is 1.61 bits per heavy atom. The molecule has 2 aliphatic carbocycles. The quantitative estimate of drug-likeness (QED) is 0.181. The molecule has 1 aromatic heterocycles. The van der Waals surface area contributed by atoms with Crippen molar-refractivity contribution >= 4 is 0 Å². The van der Waals surface area contributed by atoms with Gasteiger partial charge >= 0.3 is 0 Å². The number of benzene rings is 7. The maximum Gasteiger partial charge on any atom is 0.177 e. The van der Waals surface area contributed by atoms with Crippen LogP contribution in [0.1, 0.15) is 49.9 Å². The molecular weight excluding hydrogens is 687 g/mol. The number of ether oxygens (including phenoxy) is 2. The first-order valence-electron chi connectivity index (χ1n) is 19.2. The van der Waals surface area contributed by atoms with E-state index >= 15 is 0 Å². The zero-order chi connectivity index (χ0) is 37.8. The van der Waals surface area contributed by atoms with Crippen LogP contribution < -0.4 is 9.47 Å². The summed E-state index contributed by atoms with van der Waals surface area (Å²) in [5, 5.41) is 0. The molecule has 0 unspecified atom stereocenters. The third-order valence-corrected chi connectivity index (χ3v) is 12.0. The first-order chi connectivity index (χ1) is 27.3. The highest BCUT2D eigenvalue weighted by molar-refractivity contribution is 5.89. The van der Waals surface area contributed by atoms with E-state index in [1.165, 1.54) is 44.5 Å². The average Bonchev–Trinajstić information content (AvgIpc) is 3.60. The van der Waals surface area contributed by atoms with Crippen molar-refractivity contribution in [3.05, 3.63) is 174 Å². The van der Waals surface area contributed by atoms with Gasteiger partial charge in [0.2, 0.25) is 0 Å². The van der Waals surface area contributed by atoms with Crippen molar-refractivity contribution in [3.63, 3.8) is 0 Å². The molecule has 7 aromatic carbocycles. The van der Waals surface area contributed by atoms with Gasteiger partial charge in [0.15, 0.2) is 40.5 Å². The van der Waals surface area contributed by atoms with Crippen molar-refractivity contribution in [2.24, 2.45) is 0 Å². The molecule has 0 bridgehead atoms. The van der Waals surface area contributed by atoms with Crippen LogP contribution in [0.2, 0.25) is 0 Å². The topological polar surface area (TPSA) is 57.1 Å². The van der Waals surface area contributed by atoms with Crippen molar-refractivity contribution in [1.82, 2.24) is 15.0 Å². The van der Waals surface area contributed by atoms with E-state index in [0.717, 1.165) is 27.8 Å². The molecule has 0 saturated carbocycles. The van der Waals surface area contributed by atoms with Gasteiger partial charge < -0.3 is 9.47 Å². The number of nitrogens with zero attached hydrogens (tertiary/aromatic N) is 3. The third-order valence-electron chi connectivity index (χ3n) is 12.0. The highest BCUT2D eigenvalue weighted by atomic mass is 16.6. The molecular formula is C51H37N3O2. The Bertz CT molecular complexity index is 2930. The van der Waals surface area contributed by atoms with Gasteiger partial charge in [0.25, 0.3) is 0 Å². The fraction of sp³-hybridized carbons (Fsp3) is 0.118. The van der Waals surface area contributed by atoms with Crippen molar-refractivity contribution in [3.8, 4) is 90.5 Å². The largest absolute Gasteiger partial charge is 0.449 e. The van der Waals surface area contributed by atoms with Gasteiger partial charge in [-0.25, -0.2) is 15.0 Å². The van der Waals surface area contributed by atoms with Crippen LogP contribution in [0.4, 0.5) is 0 Å². The molecule has 5 heteroatoms. The van der Waals surface area contributed by atoms with Crippen LogP contribution in [0, 0.1) is 0 Å². The van der Waals surface area contributed by atoms with Gasteiger partial charge in [-0.15, -0.1) is 0 Å². The van der Waals surface area contributed by atoms with Crippen molar-refractivity contribution in [1.29, 1.82) is 0 Å². The standard InChI is InChI=1S/C51H37N3O2/c1-50(2)39-22-12-10-18-33(39)35-26-25-31(27-41(35)50)48-52-47(30-15-6-5-7-16-30)53-49(54-48)37-20-9-8-17-32(37)36-21-14-24-43-46(36)56-45-29-42-38(28-44(45)55-43)34-19-11-13-23-40(34)51(42,3)4/h5-29H,1-4H3. The summed E-state index contributed by atoms with van der Waals surface area (Å²) < 4.78 is 13.5. The van der Waals surface area contributed by atoms with Crippen molar-refractivity contribution in [2.45, 2.75) is 38.5 Å². The van der Waals surface area contributed by atoms with E-state index in [1.807, 2.05) is 54.6 Å². The third kappa shape index (κ3) is 4.77. The zero-order valence-electron chi connectivity index (χ0n) is 31.6. The van der Waals surface area contributed by atoms with Gasteiger partial charge in [0, 0.05) is 33.1 Å². The number of fused-ring (bicyclic) bond motifs is 8. The summed E-state index contributed by atoms with van der Waals surface area (Å²) in [6.07, 6.45) is 0. The number of hydrogen-bond donors (Lipinski definition) is 0. The van der Waals surface area contributed by atoms with Gasteiger partial charge in [-0.3, -0.25) is 0 Å². The number of rotatable bonds is 4. The lowest BCUT2D eigenvalue weighted by Gasteiger charge is -2.26. The Labute approximate surface area is 326 Å². The zero-order valence-corrected chi connectivity index (χ0v) is 31.6. The van der Waals surface area contributed by atoms with Gasteiger partial charge in [-0.05, 0) is 74.3 Å². The molecule has 0 spiro atoms. The molecule has 268 valence electrons. The summed E-state index contributed by atoms with van der Waals surface area (Å²) >= 11 is 0. The second kappa shape index (κ2) is 11.8. The molecule has 0 atom stereocenters. The summed E-state index contributed by atoms with van der Waals surface area (Å²) in [6.45, 7) is 9.14. The molecule has 3 aliphatic rings.